The summed E-state index contributed by atoms with van der Waals surface area (Å²) in [5, 5.41) is 0. The van der Waals surface area contributed by atoms with Gasteiger partial charge in [-0.3, -0.25) is 9.59 Å². The fourth-order valence-corrected chi connectivity index (χ4v) is 7.73. The molecule has 4 amide bonds. The van der Waals surface area contributed by atoms with Gasteiger partial charge in [-0.25, -0.2) is 19.6 Å². The maximum atomic E-state index is 13.7. The van der Waals surface area contributed by atoms with Gasteiger partial charge < -0.3 is 40.7 Å². The lowest BCUT2D eigenvalue weighted by Gasteiger charge is -2.27. The van der Waals surface area contributed by atoms with Crippen LogP contribution in [0.15, 0.2) is 85.2 Å². The summed E-state index contributed by atoms with van der Waals surface area (Å²) in [5.41, 5.74) is 17.7. The van der Waals surface area contributed by atoms with Crippen LogP contribution in [0.25, 0.3) is 24.3 Å². The maximum Gasteiger partial charge on any atom is 0.405 e. The molecule has 2 fully saturated rings. The SMILES string of the molecule is Cc1c(C=Cc2cnc(C3CCCN3C(=O)[C@H](OC(N)=O)c3ccccc3)[nH]2)ccc(C=Cc2cnc(C3CCCN3C(=O)[C@H](OC(N)=O)c3ccccc3)[nH]2)c1C. The Morgan fingerprint density at radius 2 is 1.03 bits per heavy atom. The highest BCUT2D eigenvalue weighted by molar-refractivity contribution is 5.86. The van der Waals surface area contributed by atoms with E-state index in [4.69, 9.17) is 20.9 Å². The molecule has 7 rings (SSSR count). The normalized spacial score (nSPS) is 17.8. The molecule has 0 spiro atoms. The van der Waals surface area contributed by atoms with E-state index in [1.165, 1.54) is 0 Å². The van der Waals surface area contributed by atoms with Gasteiger partial charge in [-0.2, -0.15) is 0 Å². The van der Waals surface area contributed by atoms with Crippen LogP contribution < -0.4 is 11.5 Å². The molecule has 14 nitrogen and oxygen atoms in total. The standard InChI is InChI=1S/C44H46N8O6/c1-27-28(2)30(20-22-34-26-48-40(50-34)36-16-10-24-52(36)42(54)38(58-44(46)56)32-13-7-4-8-14-32)18-17-29(27)19-21-33-25-47-39(49-33)35-15-9-23-51(35)41(53)37(57-43(45)55)31-11-5-3-6-12-31/h3-8,11-14,17-22,25-26,35-38H,9-10,15-16,23-24H2,1-2H3,(H2,45,55)(H2,46,56)(H,47,49)(H,48,50)/t35?,36?,37-,38-/m1/s1. The summed E-state index contributed by atoms with van der Waals surface area (Å²) in [4.78, 5) is 70.2. The number of benzene rings is 3. The number of hydrogen-bond donors (Lipinski definition) is 4. The first-order valence-corrected chi connectivity index (χ1v) is 19.3. The van der Waals surface area contributed by atoms with Gasteiger partial charge in [0.1, 0.15) is 11.6 Å². The number of rotatable bonds is 12. The lowest BCUT2D eigenvalue weighted by molar-refractivity contribution is -0.142. The Balaban J connectivity index is 1.01. The summed E-state index contributed by atoms with van der Waals surface area (Å²) in [5.74, 6) is 0.639. The van der Waals surface area contributed by atoms with Crippen molar-refractivity contribution in [3.05, 3.63) is 142 Å². The number of nitrogens with two attached hydrogens (primary N) is 2. The van der Waals surface area contributed by atoms with E-state index in [1.54, 1.807) is 70.7 Å². The number of hydrogen-bond acceptors (Lipinski definition) is 8. The van der Waals surface area contributed by atoms with Crippen LogP contribution in [-0.2, 0) is 19.1 Å². The summed E-state index contributed by atoms with van der Waals surface area (Å²) >= 11 is 0. The van der Waals surface area contributed by atoms with Crippen molar-refractivity contribution in [2.45, 2.75) is 63.8 Å². The van der Waals surface area contributed by atoms with Gasteiger partial charge in [0, 0.05) is 24.2 Å². The van der Waals surface area contributed by atoms with E-state index in [-0.39, 0.29) is 23.9 Å². The Kier molecular flexibility index (Phi) is 11.8. The number of likely N-dealkylation sites (tertiary alicyclic amines) is 2. The highest BCUT2D eigenvalue weighted by Crippen LogP contribution is 2.36. The van der Waals surface area contributed by atoms with Crippen molar-refractivity contribution in [1.29, 1.82) is 0 Å². The van der Waals surface area contributed by atoms with E-state index in [1.807, 2.05) is 36.4 Å². The van der Waals surface area contributed by atoms with E-state index < -0.39 is 24.4 Å². The van der Waals surface area contributed by atoms with Gasteiger partial charge in [-0.1, -0.05) is 84.9 Å². The van der Waals surface area contributed by atoms with Crippen molar-refractivity contribution in [3.8, 4) is 0 Å². The third-order valence-corrected chi connectivity index (χ3v) is 10.8. The van der Waals surface area contributed by atoms with Crippen LogP contribution in [0.2, 0.25) is 0 Å². The molecule has 2 saturated heterocycles. The molecule has 2 aliphatic rings. The second-order valence-electron chi connectivity index (χ2n) is 14.4. The Hall–Kier alpha value is -6.96. The van der Waals surface area contributed by atoms with Crippen molar-refractivity contribution in [2.24, 2.45) is 11.5 Å². The molecule has 2 aromatic heterocycles. The lowest BCUT2D eigenvalue weighted by atomic mass is 9.97. The fraction of sp³-hybridized carbons (Fsp3) is 0.273. The first kappa shape index (κ1) is 39.3. The molecule has 0 radical (unpaired) electrons. The van der Waals surface area contributed by atoms with E-state index in [0.29, 0.717) is 35.9 Å². The van der Waals surface area contributed by atoms with Crippen LogP contribution in [0, 0.1) is 13.8 Å². The van der Waals surface area contributed by atoms with Crippen LogP contribution in [-0.4, -0.2) is 66.8 Å². The summed E-state index contributed by atoms with van der Waals surface area (Å²) in [7, 11) is 0. The molecule has 0 bridgehead atoms. The molecule has 14 heteroatoms. The molecule has 0 saturated carbocycles. The maximum absolute atomic E-state index is 13.7. The van der Waals surface area contributed by atoms with Gasteiger partial charge >= 0.3 is 12.2 Å². The number of aromatic amines is 2. The molecule has 2 aliphatic heterocycles. The number of imidazole rings is 2. The summed E-state index contributed by atoms with van der Waals surface area (Å²) < 4.78 is 10.6. The second-order valence-corrected chi connectivity index (χ2v) is 14.4. The molecular weight excluding hydrogens is 737 g/mol. The zero-order valence-corrected chi connectivity index (χ0v) is 32.3. The van der Waals surface area contributed by atoms with Gasteiger partial charge in [0.25, 0.3) is 11.8 Å². The predicted octanol–water partition coefficient (Wildman–Crippen LogP) is 7.09. The van der Waals surface area contributed by atoms with Crippen molar-refractivity contribution in [1.82, 2.24) is 29.7 Å². The number of H-pyrrole nitrogens is 2. The summed E-state index contributed by atoms with van der Waals surface area (Å²) in [6.45, 7) is 5.17. The number of amides is 4. The van der Waals surface area contributed by atoms with Crippen LogP contribution in [0.5, 0.6) is 0 Å². The van der Waals surface area contributed by atoms with Gasteiger partial charge in [0.15, 0.2) is 0 Å². The first-order chi connectivity index (χ1) is 28.1. The molecule has 6 N–H and O–H groups in total. The van der Waals surface area contributed by atoms with Crippen molar-refractivity contribution in [2.75, 3.05) is 13.1 Å². The van der Waals surface area contributed by atoms with Crippen molar-refractivity contribution < 1.29 is 28.7 Å². The van der Waals surface area contributed by atoms with Crippen LogP contribution >= 0.6 is 0 Å². The van der Waals surface area contributed by atoms with Crippen LogP contribution in [0.3, 0.4) is 0 Å². The van der Waals surface area contributed by atoms with Gasteiger partial charge in [-0.15, -0.1) is 0 Å². The zero-order chi connectivity index (χ0) is 40.8. The van der Waals surface area contributed by atoms with Gasteiger partial charge in [-0.05, 0) is 73.9 Å². The third kappa shape index (κ3) is 8.70. The largest absolute Gasteiger partial charge is 0.431 e. The average Bonchev–Trinajstić information content (AvgIpc) is 4.07. The van der Waals surface area contributed by atoms with Gasteiger partial charge in [0.05, 0.1) is 35.9 Å². The zero-order valence-electron chi connectivity index (χ0n) is 32.3. The third-order valence-electron chi connectivity index (χ3n) is 10.8. The molecule has 4 atom stereocenters. The number of primary amides is 2. The number of nitrogens with zero attached hydrogens (tertiary/aromatic N) is 4. The Bertz CT molecular complexity index is 2170. The quantitative estimate of drug-likeness (QED) is 0.103. The van der Waals surface area contributed by atoms with E-state index >= 15 is 0 Å². The van der Waals surface area contributed by atoms with Crippen LogP contribution in [0.4, 0.5) is 9.59 Å². The molecule has 298 valence electrons. The predicted molar refractivity (Wildman–Crippen MR) is 218 cm³/mol. The topological polar surface area (TPSA) is 203 Å². The Morgan fingerprint density at radius 3 is 1.41 bits per heavy atom. The molecule has 5 aromatic rings. The molecule has 2 unspecified atom stereocenters. The number of ether oxygens (including phenoxy) is 2. The Labute approximate surface area is 335 Å². The fourth-order valence-electron chi connectivity index (χ4n) is 7.73. The molecule has 4 heterocycles. The first-order valence-electron chi connectivity index (χ1n) is 19.3. The summed E-state index contributed by atoms with van der Waals surface area (Å²) in [6.07, 6.45) is 10.2. The second kappa shape index (κ2) is 17.5. The molecule has 0 aliphatic carbocycles. The van der Waals surface area contributed by atoms with E-state index in [2.05, 4.69) is 45.9 Å². The highest BCUT2D eigenvalue weighted by atomic mass is 16.6. The minimum Gasteiger partial charge on any atom is -0.431 e. The molecule has 58 heavy (non-hydrogen) atoms. The number of carbonyl (C=O) groups is 4. The van der Waals surface area contributed by atoms with E-state index in [9.17, 15) is 19.2 Å². The van der Waals surface area contributed by atoms with Crippen LogP contribution in [0.1, 0.15) is 106 Å². The number of aromatic nitrogens is 4. The number of carbonyl (C=O) groups excluding carboxylic acids is 4. The van der Waals surface area contributed by atoms with E-state index in [0.717, 1.165) is 59.3 Å². The van der Waals surface area contributed by atoms with Gasteiger partial charge in [0.2, 0.25) is 12.2 Å². The smallest absolute Gasteiger partial charge is 0.405 e. The minimum atomic E-state index is -1.14. The Morgan fingerprint density at radius 1 is 0.638 bits per heavy atom. The van der Waals surface area contributed by atoms with Crippen molar-refractivity contribution >= 4 is 48.3 Å². The molecular formula is C44H46N8O6. The lowest BCUT2D eigenvalue weighted by Crippen LogP contribution is -2.37. The number of nitrogens with one attached hydrogen (secondary N) is 2. The average molecular weight is 783 g/mol. The summed E-state index contributed by atoms with van der Waals surface area (Å²) in [6, 6.07) is 21.2. The highest BCUT2D eigenvalue weighted by Gasteiger charge is 2.39. The minimum absolute atomic E-state index is 0.298. The van der Waals surface area contributed by atoms with Crippen molar-refractivity contribution in [3.63, 3.8) is 0 Å². The monoisotopic (exact) mass is 782 g/mol. The molecule has 3 aromatic carbocycles.